The fraction of sp³-hybridized carbons (Fsp3) is 0.108. The van der Waals surface area contributed by atoms with Crippen molar-refractivity contribution in [3.05, 3.63) is 287 Å². The zero-order valence-electron chi connectivity index (χ0n) is 64.6. The van der Waals surface area contributed by atoms with Crippen LogP contribution in [-0.2, 0) is 9.68 Å². The Bertz CT molecular complexity index is 5640. The molecule has 36 heteroatoms. The number of aromatic nitrogens is 9. The number of nitrogens with zero attached hydrogens (tertiary/aromatic N) is 16. The molecule has 0 atom stereocenters. The number of hydrogen-bond donors (Lipinski definition) is 10. The molecule has 0 aliphatic carbocycles. The average molecular weight is 2150 g/mol. The fourth-order valence-electron chi connectivity index (χ4n) is 9.84. The quantitative estimate of drug-likeness (QED) is 0.00725. The Morgan fingerprint density at radius 1 is 0.387 bits per heavy atom. The number of rotatable bonds is 18. The third-order valence-corrected chi connectivity index (χ3v) is 57.1. The van der Waals surface area contributed by atoms with Crippen LogP contribution in [0.4, 0.5) is 5.82 Å². The first-order valence-corrected chi connectivity index (χ1v) is 63.9. The molecule has 0 unspecified atom stereocenters. The first kappa shape index (κ1) is 93.2. The van der Waals surface area contributed by atoms with Crippen molar-refractivity contribution in [1.29, 1.82) is 21.3 Å². The second-order valence-corrected chi connectivity index (χ2v) is 71.7. The van der Waals surface area contributed by atoms with Crippen LogP contribution in [0, 0.1) is 40.1 Å². The molecule has 0 aliphatic heterocycles. The minimum atomic E-state index is -1.68. The molecule has 28 nitrogen and oxygen atoms in total. The first-order valence-electron chi connectivity index (χ1n) is 35.0. The second-order valence-electron chi connectivity index (χ2n) is 26.6. The van der Waals surface area contributed by atoms with Crippen molar-refractivity contribution >= 4 is 167 Å². The third kappa shape index (κ3) is 27.1. The van der Waals surface area contributed by atoms with Gasteiger partial charge in [-0.25, -0.2) is 4.98 Å². The molecule has 602 valence electrons. The van der Waals surface area contributed by atoms with E-state index < -0.39 is 36.8 Å². The van der Waals surface area contributed by atoms with E-state index in [2.05, 4.69) is 152 Å². The first-order chi connectivity index (χ1) is 56.6. The number of nitrogen functional groups attached to an aromatic ring is 2. The summed E-state index contributed by atoms with van der Waals surface area (Å²) in [5, 5.41) is 63.0. The molecule has 119 heavy (non-hydrogen) atoms. The number of halogens is 1. The predicted octanol–water partition coefficient (Wildman–Crippen LogP) is 11.3. The summed E-state index contributed by atoms with van der Waals surface area (Å²) >= 11 is 3.29. The summed E-state index contributed by atoms with van der Waals surface area (Å²) in [5.41, 5.74) is 45.6. The summed E-state index contributed by atoms with van der Waals surface area (Å²) < 4.78 is 13.0. The number of nitriles is 2. The van der Waals surface area contributed by atoms with Gasteiger partial charge in [0.05, 0.1) is 5.56 Å². The van der Waals surface area contributed by atoms with Crippen molar-refractivity contribution in [3.63, 3.8) is 0 Å². The summed E-state index contributed by atoms with van der Waals surface area (Å²) in [6.45, 7) is 6.91. The fourth-order valence-corrected chi connectivity index (χ4v) is 40.4. The molecule has 0 saturated heterocycles. The summed E-state index contributed by atoms with van der Waals surface area (Å²) in [4.78, 5) is 66.4. The molecular formula is C83H81ClN24O4Se5Sn2. The van der Waals surface area contributed by atoms with Crippen molar-refractivity contribution in [2.45, 2.75) is 37.1 Å². The molecule has 0 aliphatic rings. The zero-order valence-corrected chi connectivity index (χ0v) is 79.6. The van der Waals surface area contributed by atoms with E-state index in [0.29, 0.717) is 67.1 Å². The summed E-state index contributed by atoms with van der Waals surface area (Å²) in [6, 6.07) is 58.1. The summed E-state index contributed by atoms with van der Waals surface area (Å²) in [5.74, 6) is 1.08. The van der Waals surface area contributed by atoms with Gasteiger partial charge < -0.3 is 0 Å². The van der Waals surface area contributed by atoms with Crippen LogP contribution in [0.1, 0.15) is 51.9 Å². The molecule has 0 bridgehead atoms. The maximum absolute atomic E-state index is 8.79. The molecule has 0 radical (unpaired) electrons. The van der Waals surface area contributed by atoms with Gasteiger partial charge in [-0.3, -0.25) is 0 Å². The standard InChI is InChI=1S/C18H18N6O2Se.C16H14N6O2Se.C16H14N6Se.C16H8N4Se.C6H3ClN2.C4H2Se.CH4.6CH3.2Sn/c1-25-23-17(19)11-3-5-13(21-9-11)15-7-8-16(27-15)14-6-4-12(10-22-14)18(20)24-26-2;17-15(21-23)9-1-3-11(19-7-9)13-5-6-14(25-13)12-4-2-10(8-20-12)16(18)22-24;17-15(18)9-1-3-11(21-7-9)13-5-6-14(23-13)12-4-2-10(8-22-12)16(19)20;1-18-16-7-3-12(10-20-16)14-5-6-15(21-14)13-4-2-11(8-17)9-19-13;7-6-2-1-5(3-8)4-9-6;1-2-4-5-3-1;;;;;;;;;/h3-10H,1-2H3,(H2,19,23)(H2,20,24);1-8,23-24H,(H2,17,21)(H2,18,22);1-8H,(H3,17,18)(H3,19,20);2-7,9-10H;1-2,4H;1-2H;1H4;6*1H3;;. The number of amidine groups is 6. The van der Waals surface area contributed by atoms with Crippen molar-refractivity contribution < 1.29 is 20.1 Å². The van der Waals surface area contributed by atoms with Gasteiger partial charge in [-0.1, -0.05) is 19.0 Å². The molecule has 14 aromatic rings. The van der Waals surface area contributed by atoms with E-state index in [1.54, 1.807) is 98.1 Å². The number of pyridine rings is 9. The van der Waals surface area contributed by atoms with Gasteiger partial charge in [0, 0.05) is 6.20 Å². The van der Waals surface area contributed by atoms with Crippen LogP contribution in [-0.4, -0.2) is 214 Å². The van der Waals surface area contributed by atoms with Gasteiger partial charge in [0.1, 0.15) is 11.2 Å². The van der Waals surface area contributed by atoms with E-state index in [4.69, 9.17) is 84.3 Å². The maximum atomic E-state index is 8.79. The van der Waals surface area contributed by atoms with Crippen molar-refractivity contribution in [3.8, 4) is 93.1 Å². The number of oxime groups is 4. The van der Waals surface area contributed by atoms with Crippen LogP contribution in [0.5, 0.6) is 0 Å². The molecule has 0 spiro atoms. The van der Waals surface area contributed by atoms with Gasteiger partial charge in [-0.15, -0.1) is 0 Å². The number of hydrogen-bond acceptors (Lipinski definition) is 21. The monoisotopic (exact) mass is 2150 g/mol. The van der Waals surface area contributed by atoms with E-state index in [9.17, 15) is 0 Å². The van der Waals surface area contributed by atoms with E-state index >= 15 is 0 Å². The van der Waals surface area contributed by atoms with E-state index in [-0.39, 0.29) is 88.8 Å². The molecular weight excluding hydrogens is 2060 g/mol. The van der Waals surface area contributed by atoms with Gasteiger partial charge in [-0.2, -0.15) is 5.26 Å². The Balaban J connectivity index is 0.000000182. The Morgan fingerprint density at radius 2 is 0.681 bits per heavy atom. The van der Waals surface area contributed by atoms with Crippen LogP contribution in [0.3, 0.4) is 0 Å². The molecule has 0 aromatic carbocycles. The Labute approximate surface area is 731 Å². The zero-order chi connectivity index (χ0) is 85.1. The number of nitrogens with one attached hydrogen (secondary N) is 2. The molecule has 0 fully saturated rings. The topological polar surface area (TPSA) is 480 Å². The number of nitrogens with two attached hydrogens (primary N) is 6. The summed E-state index contributed by atoms with van der Waals surface area (Å²) in [7, 11) is 2.90. The van der Waals surface area contributed by atoms with Gasteiger partial charge in [-0.05, 0) is 12.1 Å². The average Bonchev–Trinajstić information content (AvgIpc) is 1.72. The second kappa shape index (κ2) is 45.1. The van der Waals surface area contributed by atoms with Crippen LogP contribution in [0.25, 0.3) is 85.8 Å². The SMILES string of the molecule is C.CO/N=C(\N)c1ccc(-c2ccc(-c3ccc(/C(N)=N/OC)cn3)[se]2)nc1.N#Cc1ccc(Cl)nc1.N=C(N)c1ccc(-c2ccc(-c3ccc(C(=N)N)cn3)[se]2)nc1.NC(=NO)c1ccc(-c2ccc(-c3ccc(/C(N)=N\O)cn3)[se]2)nc1.[C-]#[N+]c1ccc(-c2ccc(-c3ccc(C#N)cn3)[se]2)cn1.[CH3][Sn]([CH3])([CH3])[c]1cc[c]([Sn]([CH3])([CH3])[CH3])[se]1. The Hall–Kier alpha value is -11.3. The molecule has 0 saturated carbocycles. The van der Waals surface area contributed by atoms with Crippen LogP contribution < -0.4 is 39.3 Å². The van der Waals surface area contributed by atoms with Crippen LogP contribution >= 0.6 is 11.6 Å². The molecule has 14 rings (SSSR count). The van der Waals surface area contributed by atoms with E-state index in [0.717, 1.165) is 86.5 Å². The third-order valence-electron chi connectivity index (χ3n) is 16.2. The van der Waals surface area contributed by atoms with Crippen molar-refractivity contribution in [2.24, 2.45) is 55.0 Å². The molecule has 14 heterocycles. The molecule has 0 amide bonds. The van der Waals surface area contributed by atoms with Crippen molar-refractivity contribution in [2.75, 3.05) is 14.2 Å². The van der Waals surface area contributed by atoms with Gasteiger partial charge >= 0.3 is 675 Å². The van der Waals surface area contributed by atoms with E-state index in [1.165, 1.54) is 29.3 Å². The van der Waals surface area contributed by atoms with Gasteiger partial charge in [0.15, 0.2) is 0 Å². The summed E-state index contributed by atoms with van der Waals surface area (Å²) in [6.07, 6.45) is 14.5. The molecule has 16 N–H and O–H groups in total. The normalized spacial score (nSPS) is 11.2. The Morgan fingerprint density at radius 3 is 0.916 bits per heavy atom. The predicted molar refractivity (Wildman–Crippen MR) is 483 cm³/mol. The van der Waals surface area contributed by atoms with Gasteiger partial charge in [0.2, 0.25) is 0 Å². The van der Waals surface area contributed by atoms with Crippen LogP contribution in [0.15, 0.2) is 246 Å². The molecule has 14 aromatic heterocycles. The van der Waals surface area contributed by atoms with E-state index in [1.807, 2.05) is 95.9 Å². The van der Waals surface area contributed by atoms with Crippen molar-refractivity contribution in [1.82, 2.24) is 44.9 Å². The van der Waals surface area contributed by atoms with Crippen LogP contribution in [0.2, 0.25) is 34.8 Å². The van der Waals surface area contributed by atoms with Gasteiger partial charge in [0.25, 0.3) is 0 Å². The Kier molecular flexibility index (Phi) is 35.3. The minimum absolute atomic E-state index is 0.